The zero-order valence-electron chi connectivity index (χ0n) is 7.67. The van der Waals surface area contributed by atoms with Crippen LogP contribution in [0.25, 0.3) is 0 Å². The summed E-state index contributed by atoms with van der Waals surface area (Å²) in [6, 6.07) is 0. The van der Waals surface area contributed by atoms with E-state index in [9.17, 15) is 4.79 Å². The normalized spacial score (nSPS) is 12.2. The van der Waals surface area contributed by atoms with E-state index >= 15 is 0 Å². The van der Waals surface area contributed by atoms with Crippen LogP contribution in [0.15, 0.2) is 0 Å². The van der Waals surface area contributed by atoms with Crippen molar-refractivity contribution in [3.8, 4) is 0 Å². The molecular weight excluding hydrogens is 158 g/mol. The Hall–Kier alpha value is -0.770. The first kappa shape index (κ1) is 11.2. The maximum absolute atomic E-state index is 10.8. The van der Waals surface area contributed by atoms with E-state index in [2.05, 4.69) is 10.1 Å². The van der Waals surface area contributed by atoms with Gasteiger partial charge in [0.1, 0.15) is 0 Å². The van der Waals surface area contributed by atoms with Gasteiger partial charge in [-0.25, -0.2) is 4.79 Å². The smallest absolute Gasteiger partial charge is 0.407 e. The Balaban J connectivity index is 3.33. The van der Waals surface area contributed by atoms with Gasteiger partial charge in [-0.2, -0.15) is 0 Å². The third kappa shape index (κ3) is 5.97. The van der Waals surface area contributed by atoms with Crippen molar-refractivity contribution in [2.75, 3.05) is 19.8 Å². The van der Waals surface area contributed by atoms with Crippen LogP contribution in [0.4, 0.5) is 4.79 Å². The number of amides is 1. The van der Waals surface area contributed by atoms with Crippen LogP contribution >= 0.6 is 0 Å². The van der Waals surface area contributed by atoms with Crippen molar-refractivity contribution in [2.45, 2.75) is 20.3 Å². The van der Waals surface area contributed by atoms with Crippen LogP contribution in [0.3, 0.4) is 0 Å². The van der Waals surface area contributed by atoms with E-state index in [-0.39, 0.29) is 12.7 Å². The lowest BCUT2D eigenvalue weighted by molar-refractivity contribution is 0.149. The van der Waals surface area contributed by atoms with Crippen molar-refractivity contribution < 1.29 is 14.6 Å². The van der Waals surface area contributed by atoms with Gasteiger partial charge in [0, 0.05) is 13.2 Å². The molecule has 4 nitrogen and oxygen atoms in total. The van der Waals surface area contributed by atoms with Gasteiger partial charge in [0.2, 0.25) is 0 Å². The fourth-order valence-electron chi connectivity index (χ4n) is 0.762. The summed E-state index contributed by atoms with van der Waals surface area (Å²) in [5, 5.41) is 11.2. The number of hydrogen-bond acceptors (Lipinski definition) is 3. The number of nitrogens with one attached hydrogen (secondary N) is 1. The van der Waals surface area contributed by atoms with Crippen molar-refractivity contribution in [1.29, 1.82) is 0 Å². The van der Waals surface area contributed by atoms with Crippen molar-refractivity contribution >= 4 is 6.09 Å². The zero-order chi connectivity index (χ0) is 9.40. The Bertz CT molecular complexity index is 127. The summed E-state index contributed by atoms with van der Waals surface area (Å²) in [4.78, 5) is 10.8. The largest absolute Gasteiger partial charge is 0.450 e. The summed E-state index contributed by atoms with van der Waals surface area (Å²) < 4.78 is 4.66. The van der Waals surface area contributed by atoms with Crippen LogP contribution in [-0.4, -0.2) is 31.0 Å². The molecule has 12 heavy (non-hydrogen) atoms. The molecule has 0 aliphatic carbocycles. The Labute approximate surface area is 72.9 Å². The molecule has 0 fully saturated rings. The van der Waals surface area contributed by atoms with Crippen molar-refractivity contribution in [3.63, 3.8) is 0 Å². The van der Waals surface area contributed by atoms with E-state index in [4.69, 9.17) is 5.11 Å². The standard InChI is InChI=1S/C8H17NO3/c1-3-12-8(11)9-6-7(2)4-5-10/h7,10H,3-6H2,1-2H3,(H,9,11). The van der Waals surface area contributed by atoms with Gasteiger partial charge in [0.25, 0.3) is 0 Å². The molecule has 1 atom stereocenters. The summed E-state index contributed by atoms with van der Waals surface area (Å²) in [5.74, 6) is 0.291. The molecule has 0 bridgehead atoms. The quantitative estimate of drug-likeness (QED) is 0.648. The molecule has 0 heterocycles. The Kier molecular flexibility index (Phi) is 6.47. The van der Waals surface area contributed by atoms with Gasteiger partial charge in [-0.1, -0.05) is 6.92 Å². The summed E-state index contributed by atoms with van der Waals surface area (Å²) in [6.07, 6.45) is 0.314. The molecule has 0 aliphatic heterocycles. The molecule has 0 spiro atoms. The lowest BCUT2D eigenvalue weighted by atomic mass is 10.1. The number of hydrogen-bond donors (Lipinski definition) is 2. The Morgan fingerprint density at radius 2 is 2.33 bits per heavy atom. The van der Waals surface area contributed by atoms with Crippen LogP contribution in [-0.2, 0) is 4.74 Å². The van der Waals surface area contributed by atoms with Crippen molar-refractivity contribution in [1.82, 2.24) is 5.32 Å². The molecule has 0 aromatic rings. The molecule has 0 aliphatic rings. The second-order valence-corrected chi connectivity index (χ2v) is 2.72. The van der Waals surface area contributed by atoms with E-state index in [1.807, 2.05) is 6.92 Å². The van der Waals surface area contributed by atoms with Gasteiger partial charge < -0.3 is 15.2 Å². The molecule has 0 rings (SSSR count). The molecule has 1 unspecified atom stereocenters. The first-order valence-electron chi connectivity index (χ1n) is 4.22. The van der Waals surface area contributed by atoms with E-state index in [0.717, 1.165) is 0 Å². The Morgan fingerprint density at radius 1 is 1.67 bits per heavy atom. The molecule has 0 aromatic carbocycles. The maximum Gasteiger partial charge on any atom is 0.407 e. The highest BCUT2D eigenvalue weighted by Gasteiger charge is 2.04. The molecule has 4 heteroatoms. The fourth-order valence-corrected chi connectivity index (χ4v) is 0.762. The number of rotatable bonds is 5. The van der Waals surface area contributed by atoms with Crippen LogP contribution < -0.4 is 5.32 Å². The lowest BCUT2D eigenvalue weighted by Crippen LogP contribution is -2.29. The number of alkyl carbamates (subject to hydrolysis) is 1. The second kappa shape index (κ2) is 6.91. The highest BCUT2D eigenvalue weighted by atomic mass is 16.5. The van der Waals surface area contributed by atoms with Crippen molar-refractivity contribution in [2.24, 2.45) is 5.92 Å². The highest BCUT2D eigenvalue weighted by molar-refractivity contribution is 5.66. The second-order valence-electron chi connectivity index (χ2n) is 2.72. The average Bonchev–Trinajstić information content (AvgIpc) is 2.02. The minimum Gasteiger partial charge on any atom is -0.450 e. The number of aliphatic hydroxyl groups is 1. The summed E-state index contributed by atoms with van der Waals surface area (Å²) >= 11 is 0. The predicted molar refractivity (Wildman–Crippen MR) is 45.9 cm³/mol. The highest BCUT2D eigenvalue weighted by Crippen LogP contribution is 1.97. The first-order chi connectivity index (χ1) is 5.70. The van der Waals surface area contributed by atoms with E-state index in [1.54, 1.807) is 6.92 Å². The molecule has 2 N–H and O–H groups in total. The van der Waals surface area contributed by atoms with Gasteiger partial charge in [0.05, 0.1) is 6.61 Å². The first-order valence-corrected chi connectivity index (χ1v) is 4.22. The van der Waals surface area contributed by atoms with Crippen LogP contribution in [0.2, 0.25) is 0 Å². The van der Waals surface area contributed by atoms with Gasteiger partial charge in [-0.15, -0.1) is 0 Å². The van der Waals surface area contributed by atoms with E-state index < -0.39 is 0 Å². The van der Waals surface area contributed by atoms with E-state index in [1.165, 1.54) is 0 Å². The molecule has 0 radical (unpaired) electrons. The average molecular weight is 175 g/mol. The third-order valence-corrected chi connectivity index (χ3v) is 1.49. The fraction of sp³-hybridized carbons (Fsp3) is 0.875. The van der Waals surface area contributed by atoms with Gasteiger partial charge in [-0.05, 0) is 19.3 Å². The third-order valence-electron chi connectivity index (χ3n) is 1.49. The molecule has 0 saturated heterocycles. The van der Waals surface area contributed by atoms with Gasteiger partial charge in [0.15, 0.2) is 0 Å². The number of aliphatic hydroxyl groups excluding tert-OH is 1. The minimum atomic E-state index is -0.387. The number of ether oxygens (including phenoxy) is 1. The zero-order valence-corrected chi connectivity index (χ0v) is 7.67. The van der Waals surface area contributed by atoms with Crippen LogP contribution in [0.1, 0.15) is 20.3 Å². The van der Waals surface area contributed by atoms with Gasteiger partial charge >= 0.3 is 6.09 Å². The summed E-state index contributed by atoms with van der Waals surface area (Å²) in [6.45, 7) is 4.82. The predicted octanol–water partition coefficient (Wildman–Crippen LogP) is 0.751. The molecular formula is C8H17NO3. The van der Waals surface area contributed by atoms with E-state index in [0.29, 0.717) is 25.5 Å². The van der Waals surface area contributed by atoms with Crippen LogP contribution in [0.5, 0.6) is 0 Å². The molecule has 72 valence electrons. The molecule has 1 amide bonds. The number of carbonyl (C=O) groups excluding carboxylic acids is 1. The maximum atomic E-state index is 10.8. The molecule has 0 aromatic heterocycles. The van der Waals surface area contributed by atoms with Gasteiger partial charge in [-0.3, -0.25) is 0 Å². The topological polar surface area (TPSA) is 58.6 Å². The summed E-state index contributed by atoms with van der Waals surface area (Å²) in [7, 11) is 0. The summed E-state index contributed by atoms with van der Waals surface area (Å²) in [5.41, 5.74) is 0. The SMILES string of the molecule is CCOC(=O)NCC(C)CCO. The molecule has 0 saturated carbocycles. The van der Waals surface area contributed by atoms with Crippen molar-refractivity contribution in [3.05, 3.63) is 0 Å². The monoisotopic (exact) mass is 175 g/mol. The Morgan fingerprint density at radius 3 is 2.83 bits per heavy atom. The lowest BCUT2D eigenvalue weighted by Gasteiger charge is -2.10. The number of carbonyl (C=O) groups is 1. The van der Waals surface area contributed by atoms with Crippen LogP contribution in [0, 0.1) is 5.92 Å². The minimum absolute atomic E-state index is 0.158.